The van der Waals surface area contributed by atoms with Gasteiger partial charge in [0.25, 0.3) is 0 Å². The summed E-state index contributed by atoms with van der Waals surface area (Å²) in [5.41, 5.74) is 7.14. The van der Waals surface area contributed by atoms with Crippen molar-refractivity contribution in [3.8, 4) is 5.75 Å². The lowest BCUT2D eigenvalue weighted by atomic mass is 10.1. The van der Waals surface area contributed by atoms with E-state index in [0.717, 1.165) is 12.1 Å². The molecule has 2 heterocycles. The van der Waals surface area contributed by atoms with E-state index >= 15 is 0 Å². The minimum atomic E-state index is 0.121. The molecule has 2 aromatic rings. The highest BCUT2D eigenvalue weighted by Crippen LogP contribution is 2.33. The van der Waals surface area contributed by atoms with Crippen molar-refractivity contribution >= 4 is 28.9 Å². The summed E-state index contributed by atoms with van der Waals surface area (Å²) in [6.07, 6.45) is 0. The van der Waals surface area contributed by atoms with Crippen LogP contribution < -0.4 is 10.5 Å². The van der Waals surface area contributed by atoms with Gasteiger partial charge in [-0.25, -0.2) is 0 Å². The molecular weight excluding hydrogens is 306 g/mol. The number of benzene rings is 1. The van der Waals surface area contributed by atoms with Crippen LogP contribution in [0.4, 0.5) is 0 Å². The molecule has 1 aromatic heterocycles. The molecule has 0 radical (unpaired) electrons. The Bertz CT molecular complexity index is 657. The van der Waals surface area contributed by atoms with E-state index in [1.165, 1.54) is 4.88 Å². The SMILES string of the molecule is COc1ccc(C2CN=C(N)N2Cc2cccs2)cc1Cl. The summed E-state index contributed by atoms with van der Waals surface area (Å²) >= 11 is 7.94. The van der Waals surface area contributed by atoms with Gasteiger partial charge >= 0.3 is 0 Å². The van der Waals surface area contributed by atoms with Gasteiger partial charge in [0.2, 0.25) is 0 Å². The van der Waals surface area contributed by atoms with Crippen molar-refractivity contribution in [2.45, 2.75) is 12.6 Å². The number of methoxy groups -OCH3 is 1. The second kappa shape index (κ2) is 5.95. The van der Waals surface area contributed by atoms with Gasteiger partial charge in [0, 0.05) is 4.88 Å². The third-order valence-electron chi connectivity index (χ3n) is 3.56. The van der Waals surface area contributed by atoms with Crippen molar-refractivity contribution in [3.05, 3.63) is 51.2 Å². The Balaban J connectivity index is 1.85. The third-order valence-corrected chi connectivity index (χ3v) is 4.72. The van der Waals surface area contributed by atoms with E-state index in [0.29, 0.717) is 23.3 Å². The van der Waals surface area contributed by atoms with Gasteiger partial charge in [-0.1, -0.05) is 23.7 Å². The zero-order valence-electron chi connectivity index (χ0n) is 11.6. The lowest BCUT2D eigenvalue weighted by Gasteiger charge is -2.26. The molecule has 1 unspecified atom stereocenters. The standard InChI is InChI=1S/C15H16ClN3OS/c1-20-14-5-4-10(7-12(14)16)13-8-18-15(17)19(13)9-11-3-2-6-21-11/h2-7,13H,8-9H2,1H3,(H2,17,18). The fourth-order valence-electron chi connectivity index (χ4n) is 2.47. The third kappa shape index (κ3) is 2.84. The van der Waals surface area contributed by atoms with Crippen LogP contribution in [0.2, 0.25) is 5.02 Å². The smallest absolute Gasteiger partial charge is 0.192 e. The Morgan fingerprint density at radius 1 is 1.48 bits per heavy atom. The number of hydrogen-bond donors (Lipinski definition) is 1. The molecule has 0 spiro atoms. The average Bonchev–Trinajstić information content (AvgIpc) is 3.11. The fourth-order valence-corrected chi connectivity index (χ4v) is 3.43. The van der Waals surface area contributed by atoms with Crippen molar-refractivity contribution in [3.63, 3.8) is 0 Å². The van der Waals surface area contributed by atoms with Crippen LogP contribution in [0.1, 0.15) is 16.5 Å². The molecule has 110 valence electrons. The first kappa shape index (κ1) is 14.2. The monoisotopic (exact) mass is 321 g/mol. The molecule has 1 aliphatic heterocycles. The molecule has 0 saturated carbocycles. The van der Waals surface area contributed by atoms with Gasteiger partial charge in [0.05, 0.1) is 31.3 Å². The Kier molecular flexibility index (Phi) is 4.03. The summed E-state index contributed by atoms with van der Waals surface area (Å²) in [6, 6.07) is 10.1. The minimum absolute atomic E-state index is 0.121. The van der Waals surface area contributed by atoms with Crippen LogP contribution in [-0.2, 0) is 6.54 Å². The molecule has 1 aliphatic rings. The van der Waals surface area contributed by atoms with Crippen molar-refractivity contribution < 1.29 is 4.74 Å². The summed E-state index contributed by atoms with van der Waals surface area (Å²) < 4.78 is 5.20. The maximum Gasteiger partial charge on any atom is 0.192 e. The molecule has 1 atom stereocenters. The van der Waals surface area contributed by atoms with E-state index in [9.17, 15) is 0 Å². The van der Waals surface area contributed by atoms with Gasteiger partial charge < -0.3 is 15.4 Å². The number of rotatable bonds is 4. The van der Waals surface area contributed by atoms with Gasteiger partial charge in [-0.15, -0.1) is 11.3 Å². The molecule has 4 nitrogen and oxygen atoms in total. The molecule has 0 fully saturated rings. The number of halogens is 1. The van der Waals surface area contributed by atoms with Crippen LogP contribution in [0.25, 0.3) is 0 Å². The van der Waals surface area contributed by atoms with E-state index < -0.39 is 0 Å². The Morgan fingerprint density at radius 3 is 3.00 bits per heavy atom. The van der Waals surface area contributed by atoms with Crippen LogP contribution in [0.5, 0.6) is 5.75 Å². The molecule has 2 N–H and O–H groups in total. The van der Waals surface area contributed by atoms with Gasteiger partial charge in [-0.2, -0.15) is 0 Å². The first-order chi connectivity index (χ1) is 10.2. The quantitative estimate of drug-likeness (QED) is 0.940. The Hall–Kier alpha value is -1.72. The number of thiophene rings is 1. The number of guanidine groups is 1. The van der Waals surface area contributed by atoms with E-state index in [1.807, 2.05) is 24.3 Å². The number of ether oxygens (including phenoxy) is 1. The highest BCUT2D eigenvalue weighted by molar-refractivity contribution is 7.09. The number of nitrogens with two attached hydrogens (primary N) is 1. The first-order valence-corrected chi connectivity index (χ1v) is 7.87. The van der Waals surface area contributed by atoms with E-state index in [4.69, 9.17) is 22.1 Å². The molecular formula is C15H16ClN3OS. The maximum absolute atomic E-state index is 6.22. The van der Waals surface area contributed by atoms with Gasteiger partial charge in [0.1, 0.15) is 5.75 Å². The molecule has 3 rings (SSSR count). The van der Waals surface area contributed by atoms with Gasteiger partial charge in [-0.05, 0) is 29.1 Å². The van der Waals surface area contributed by atoms with Crippen molar-refractivity contribution in [1.29, 1.82) is 0 Å². The average molecular weight is 322 g/mol. The van der Waals surface area contributed by atoms with Crippen LogP contribution in [-0.4, -0.2) is 24.5 Å². The van der Waals surface area contributed by atoms with Crippen molar-refractivity contribution in [2.24, 2.45) is 10.7 Å². The number of hydrogen-bond acceptors (Lipinski definition) is 5. The Morgan fingerprint density at radius 2 is 2.33 bits per heavy atom. The largest absolute Gasteiger partial charge is 0.495 e. The summed E-state index contributed by atoms with van der Waals surface area (Å²) in [4.78, 5) is 7.76. The van der Waals surface area contributed by atoms with Crippen LogP contribution in [0, 0.1) is 0 Å². The van der Waals surface area contributed by atoms with Crippen molar-refractivity contribution in [1.82, 2.24) is 4.90 Å². The van der Waals surface area contributed by atoms with Gasteiger partial charge in [-0.3, -0.25) is 4.99 Å². The summed E-state index contributed by atoms with van der Waals surface area (Å²) in [5, 5.41) is 2.68. The van der Waals surface area contributed by atoms with Gasteiger partial charge in [0.15, 0.2) is 5.96 Å². The van der Waals surface area contributed by atoms with E-state index in [-0.39, 0.29) is 6.04 Å². The van der Waals surface area contributed by atoms with Crippen LogP contribution in [0.3, 0.4) is 0 Å². The zero-order valence-corrected chi connectivity index (χ0v) is 13.2. The number of aliphatic imine (C=N–C) groups is 1. The minimum Gasteiger partial charge on any atom is -0.495 e. The second-order valence-corrected chi connectivity index (χ2v) is 6.26. The highest BCUT2D eigenvalue weighted by atomic mass is 35.5. The highest BCUT2D eigenvalue weighted by Gasteiger charge is 2.28. The molecule has 0 aliphatic carbocycles. The summed E-state index contributed by atoms with van der Waals surface area (Å²) in [5.74, 6) is 1.26. The molecule has 6 heteroatoms. The number of nitrogens with zero attached hydrogens (tertiary/aromatic N) is 2. The fraction of sp³-hybridized carbons (Fsp3) is 0.267. The van der Waals surface area contributed by atoms with E-state index in [1.54, 1.807) is 18.4 Å². The predicted octanol–water partition coefficient (Wildman–Crippen LogP) is 3.28. The maximum atomic E-state index is 6.22. The predicted molar refractivity (Wildman–Crippen MR) is 87.1 cm³/mol. The lowest BCUT2D eigenvalue weighted by molar-refractivity contribution is 0.342. The summed E-state index contributed by atoms with van der Waals surface area (Å²) in [7, 11) is 1.61. The molecule has 0 saturated heterocycles. The second-order valence-electron chi connectivity index (χ2n) is 4.82. The molecule has 21 heavy (non-hydrogen) atoms. The van der Waals surface area contributed by atoms with Crippen LogP contribution in [0.15, 0.2) is 40.7 Å². The zero-order chi connectivity index (χ0) is 14.8. The lowest BCUT2D eigenvalue weighted by Crippen LogP contribution is -2.35. The topological polar surface area (TPSA) is 50.9 Å². The summed E-state index contributed by atoms with van der Waals surface area (Å²) in [6.45, 7) is 1.42. The van der Waals surface area contributed by atoms with Crippen molar-refractivity contribution in [2.75, 3.05) is 13.7 Å². The molecule has 0 amide bonds. The van der Waals surface area contributed by atoms with E-state index in [2.05, 4.69) is 21.3 Å². The molecule has 0 bridgehead atoms. The normalized spacial score (nSPS) is 17.9. The Labute approximate surface area is 132 Å². The molecule has 1 aromatic carbocycles. The first-order valence-electron chi connectivity index (χ1n) is 6.61. The van der Waals surface area contributed by atoms with Crippen LogP contribution >= 0.6 is 22.9 Å².